The van der Waals surface area contributed by atoms with Crippen LogP contribution in [0.1, 0.15) is 27.4 Å². The van der Waals surface area contributed by atoms with Crippen LogP contribution in [0.15, 0.2) is 54.6 Å². The van der Waals surface area contributed by atoms with Crippen LogP contribution < -0.4 is 10.6 Å². The fourth-order valence-electron chi connectivity index (χ4n) is 3.96. The summed E-state index contributed by atoms with van der Waals surface area (Å²) in [6.45, 7) is 1.66. The maximum atomic E-state index is 13.3. The molecule has 0 heterocycles. The van der Waals surface area contributed by atoms with Gasteiger partial charge in [-0.05, 0) is 72.6 Å². The third-order valence-corrected chi connectivity index (χ3v) is 7.45. The van der Waals surface area contributed by atoms with Gasteiger partial charge in [0.25, 0.3) is 0 Å². The highest BCUT2D eigenvalue weighted by Gasteiger charge is 2.67. The van der Waals surface area contributed by atoms with E-state index in [1.165, 1.54) is 24.3 Å². The lowest BCUT2D eigenvalue weighted by Crippen LogP contribution is -2.18. The van der Waals surface area contributed by atoms with Crippen molar-refractivity contribution in [3.8, 4) is 0 Å². The van der Waals surface area contributed by atoms with Crippen LogP contribution in [0.25, 0.3) is 0 Å². The number of hydrogen-bond acceptors (Lipinski definition) is 3. The molecule has 0 aromatic heterocycles. The predicted octanol–water partition coefficient (Wildman–Crippen LogP) is 7.92. The highest BCUT2D eigenvalue weighted by molar-refractivity contribution is 6.53. The second-order valence-electron chi connectivity index (χ2n) is 8.25. The summed E-state index contributed by atoms with van der Waals surface area (Å²) in [7, 11) is 0. The number of rotatable bonds is 7. The molecule has 0 radical (unpaired) electrons. The molecule has 10 heteroatoms. The Morgan fingerprint density at radius 1 is 0.971 bits per heavy atom. The molecule has 0 spiro atoms. The van der Waals surface area contributed by atoms with E-state index in [4.69, 9.17) is 58.0 Å². The Bertz CT molecular complexity index is 1310. The molecule has 2 atom stereocenters. The minimum atomic E-state index is -1.33. The molecule has 4 rings (SSSR count). The van der Waals surface area contributed by atoms with E-state index < -0.39 is 22.1 Å². The third kappa shape index (κ3) is 5.71. The smallest absolute Gasteiger partial charge is 0.231 e. The fraction of sp³-hybridized carbons (Fsp3) is 0.200. The monoisotopic (exact) mass is 572 g/mol. The van der Waals surface area contributed by atoms with Gasteiger partial charge in [-0.15, -0.1) is 23.2 Å². The van der Waals surface area contributed by atoms with E-state index >= 15 is 0 Å². The van der Waals surface area contributed by atoms with Gasteiger partial charge in [0.15, 0.2) is 5.78 Å². The predicted molar refractivity (Wildman–Crippen MR) is 141 cm³/mol. The Morgan fingerprint density at radius 3 is 2.31 bits per heavy atom. The van der Waals surface area contributed by atoms with Gasteiger partial charge in [0.1, 0.15) is 10.2 Å². The molecule has 2 unspecified atom stereocenters. The van der Waals surface area contributed by atoms with Gasteiger partial charge < -0.3 is 10.6 Å². The van der Waals surface area contributed by atoms with Crippen molar-refractivity contribution < 1.29 is 14.0 Å². The van der Waals surface area contributed by atoms with E-state index in [1.54, 1.807) is 37.3 Å². The van der Waals surface area contributed by atoms with Crippen molar-refractivity contribution in [1.82, 2.24) is 0 Å². The first-order valence-corrected chi connectivity index (χ1v) is 12.3. The number of halogens is 6. The van der Waals surface area contributed by atoms with Crippen molar-refractivity contribution in [1.29, 1.82) is 0 Å². The van der Waals surface area contributed by atoms with Crippen LogP contribution in [0.5, 0.6) is 0 Å². The van der Waals surface area contributed by atoms with E-state index in [1.807, 2.05) is 0 Å². The topological polar surface area (TPSA) is 58.2 Å². The Hall–Kier alpha value is -2.02. The number of amides is 1. The minimum absolute atomic E-state index is 0.0731. The van der Waals surface area contributed by atoms with E-state index in [9.17, 15) is 14.0 Å². The number of carbonyl (C=O) groups is 2. The number of carbonyl (C=O) groups excluding carboxylic acids is 2. The molecular weight excluding hydrogens is 557 g/mol. The molecule has 2 N–H and O–H groups in total. The number of anilines is 2. The molecule has 1 aliphatic carbocycles. The number of alkyl halides is 2. The van der Waals surface area contributed by atoms with E-state index in [0.29, 0.717) is 32.5 Å². The molecule has 0 aliphatic heterocycles. The van der Waals surface area contributed by atoms with Crippen LogP contribution in [-0.4, -0.2) is 22.6 Å². The molecule has 3 aromatic rings. The van der Waals surface area contributed by atoms with E-state index in [2.05, 4.69) is 10.6 Å². The highest BCUT2D eigenvalue weighted by Crippen LogP contribution is 2.65. The van der Waals surface area contributed by atoms with Gasteiger partial charge in [-0.2, -0.15) is 0 Å². The number of ketones is 1. The fourth-order valence-corrected chi connectivity index (χ4v) is 5.55. The first kappa shape index (κ1) is 26.1. The van der Waals surface area contributed by atoms with Gasteiger partial charge in [0.2, 0.25) is 5.91 Å². The van der Waals surface area contributed by atoms with Crippen LogP contribution >= 0.6 is 58.0 Å². The van der Waals surface area contributed by atoms with Crippen molar-refractivity contribution in [3.05, 3.63) is 92.2 Å². The summed E-state index contributed by atoms with van der Waals surface area (Å²) in [6.07, 6.45) is 0. The van der Waals surface area contributed by atoms with Crippen LogP contribution in [0.2, 0.25) is 15.1 Å². The summed E-state index contributed by atoms with van der Waals surface area (Å²) in [4.78, 5) is 25.8. The molecule has 3 aromatic carbocycles. The molecular formula is C25H18Cl5FN2O2. The van der Waals surface area contributed by atoms with Crippen molar-refractivity contribution in [2.75, 3.05) is 17.2 Å². The lowest BCUT2D eigenvalue weighted by Gasteiger charge is -2.11. The maximum absolute atomic E-state index is 13.3. The standard InChI is InChI=1S/C25H18Cl5FN2O2/c1-12-6-16(31)2-5-20(12)32-11-21(34)18-10-17(3-4-19(18)28)33-24(35)23-22(25(23,29)30)13-7-14(26)9-15(27)8-13/h2-10,22-23,32H,11H2,1H3,(H,33,35). The summed E-state index contributed by atoms with van der Waals surface area (Å²) in [6, 6.07) is 13.7. The molecule has 4 nitrogen and oxygen atoms in total. The van der Waals surface area contributed by atoms with Crippen molar-refractivity contribution in [2.24, 2.45) is 5.92 Å². The average Bonchev–Trinajstić information content (AvgIpc) is 3.35. The summed E-state index contributed by atoms with van der Waals surface area (Å²) in [5.41, 5.74) is 2.52. The molecule has 0 bridgehead atoms. The molecule has 182 valence electrons. The van der Waals surface area contributed by atoms with E-state index in [-0.39, 0.29) is 28.7 Å². The molecule has 1 fully saturated rings. The summed E-state index contributed by atoms with van der Waals surface area (Å²) >= 11 is 31.2. The van der Waals surface area contributed by atoms with Gasteiger partial charge in [-0.1, -0.05) is 34.8 Å². The summed E-state index contributed by atoms with van der Waals surface area (Å²) < 4.78 is 12.0. The average molecular weight is 575 g/mol. The summed E-state index contributed by atoms with van der Waals surface area (Å²) in [5, 5.41) is 6.78. The van der Waals surface area contributed by atoms with Crippen molar-refractivity contribution in [2.45, 2.75) is 17.2 Å². The minimum Gasteiger partial charge on any atom is -0.377 e. The van der Waals surface area contributed by atoms with Crippen LogP contribution in [0, 0.1) is 18.7 Å². The Balaban J connectivity index is 1.46. The van der Waals surface area contributed by atoms with Crippen LogP contribution in [-0.2, 0) is 4.79 Å². The first-order chi connectivity index (χ1) is 16.5. The number of Topliss-reactive ketones (excluding diaryl/α,β-unsaturated/α-hetero) is 1. The lowest BCUT2D eigenvalue weighted by molar-refractivity contribution is -0.117. The zero-order valence-electron chi connectivity index (χ0n) is 18.1. The van der Waals surface area contributed by atoms with Gasteiger partial charge in [0, 0.05) is 32.9 Å². The van der Waals surface area contributed by atoms with E-state index in [0.717, 1.165) is 0 Å². The zero-order chi connectivity index (χ0) is 25.5. The zero-order valence-corrected chi connectivity index (χ0v) is 21.9. The maximum Gasteiger partial charge on any atom is 0.231 e. The highest BCUT2D eigenvalue weighted by atomic mass is 35.5. The second kappa shape index (κ2) is 10.2. The Kier molecular flexibility index (Phi) is 7.56. The Morgan fingerprint density at radius 2 is 1.66 bits per heavy atom. The van der Waals surface area contributed by atoms with Gasteiger partial charge in [-0.3, -0.25) is 9.59 Å². The van der Waals surface area contributed by atoms with Crippen molar-refractivity contribution in [3.63, 3.8) is 0 Å². The largest absolute Gasteiger partial charge is 0.377 e. The second-order valence-corrected chi connectivity index (χ2v) is 11.0. The molecule has 1 aliphatic rings. The first-order valence-electron chi connectivity index (χ1n) is 10.4. The molecule has 1 saturated carbocycles. The normalized spacial score (nSPS) is 18.1. The third-order valence-electron chi connectivity index (χ3n) is 5.74. The molecule has 1 amide bonds. The number of nitrogens with one attached hydrogen (secondary N) is 2. The number of hydrogen-bond donors (Lipinski definition) is 2. The molecule has 35 heavy (non-hydrogen) atoms. The molecule has 0 saturated heterocycles. The SMILES string of the molecule is Cc1cc(F)ccc1NCC(=O)c1cc(NC(=O)C2C(c3cc(Cl)cc(Cl)c3)C2(Cl)Cl)ccc1Cl. The number of benzene rings is 3. The number of aryl methyl sites for hydroxylation is 1. The Labute approximate surface area is 226 Å². The van der Waals surface area contributed by atoms with Gasteiger partial charge in [-0.25, -0.2) is 4.39 Å². The van der Waals surface area contributed by atoms with Gasteiger partial charge in [0.05, 0.1) is 17.5 Å². The lowest BCUT2D eigenvalue weighted by atomic mass is 10.1. The van der Waals surface area contributed by atoms with Crippen molar-refractivity contribution >= 4 is 81.1 Å². The van der Waals surface area contributed by atoms with Gasteiger partial charge >= 0.3 is 0 Å². The van der Waals surface area contributed by atoms with Crippen LogP contribution in [0.4, 0.5) is 15.8 Å². The van der Waals surface area contributed by atoms with Crippen LogP contribution in [0.3, 0.4) is 0 Å². The quantitative estimate of drug-likeness (QED) is 0.223. The summed E-state index contributed by atoms with van der Waals surface area (Å²) in [5.74, 6) is -2.34.